The van der Waals surface area contributed by atoms with Gasteiger partial charge in [0.2, 0.25) is 0 Å². The fraction of sp³-hybridized carbons (Fsp3) is 0.483. The molecule has 8 rings (SSSR count). The number of hydrogen-bond donors (Lipinski definition) is 1. The second-order valence-electron chi connectivity index (χ2n) is 12.6. The van der Waals surface area contributed by atoms with E-state index in [0.717, 1.165) is 30.7 Å². The van der Waals surface area contributed by atoms with Gasteiger partial charge in [0.15, 0.2) is 10.9 Å². The number of hydrogen-bond acceptors (Lipinski definition) is 11. The smallest absolute Gasteiger partial charge is 0.374 e. The fourth-order valence-electron chi connectivity index (χ4n) is 7.52. The fourth-order valence-corrected chi connectivity index (χ4v) is 9.36. The van der Waals surface area contributed by atoms with Crippen molar-refractivity contribution in [2.45, 2.75) is 36.6 Å². The molecule has 6 heterocycles. The maximum Gasteiger partial charge on any atom is 0.374 e. The number of aromatic nitrogens is 3. The third kappa shape index (κ3) is 5.17. The Labute approximate surface area is 275 Å². The first-order chi connectivity index (χ1) is 22.3. The first kappa shape index (κ1) is 31.2. The summed E-state index contributed by atoms with van der Waals surface area (Å²) in [7, 11) is -4.90. The van der Waals surface area contributed by atoms with Gasteiger partial charge in [0.1, 0.15) is 35.5 Å². The van der Waals surface area contributed by atoms with Crippen molar-refractivity contribution in [3.05, 3.63) is 34.9 Å². The normalized spacial score (nSPS) is 24.8. The molecule has 1 spiro atoms. The molecule has 47 heavy (non-hydrogen) atoms. The number of ether oxygens (including phenoxy) is 2. The number of rotatable bonds is 6. The average Bonchev–Trinajstić information content (AvgIpc) is 3.67. The third-order valence-electron chi connectivity index (χ3n) is 9.64. The lowest BCUT2D eigenvalue weighted by molar-refractivity contribution is -0.123. The molecular weight excluding hydrogens is 686 g/mol. The molecule has 2 aromatic heterocycles. The van der Waals surface area contributed by atoms with Crippen LogP contribution >= 0.6 is 22.9 Å². The van der Waals surface area contributed by atoms with Gasteiger partial charge in [0.05, 0.1) is 33.9 Å². The molecule has 0 saturated carbocycles. The Morgan fingerprint density at radius 1 is 1.15 bits per heavy atom. The molecule has 2 atom stereocenters. The number of nitrogens with zero attached hydrogens (tertiary/aromatic N) is 6. The average molecular weight is 714 g/mol. The van der Waals surface area contributed by atoms with Crippen LogP contribution in [0, 0.1) is 11.6 Å². The molecule has 4 aliphatic rings. The first-order valence-corrected chi connectivity index (χ1v) is 17.5. The Morgan fingerprint density at radius 2 is 1.96 bits per heavy atom. The quantitative estimate of drug-likeness (QED) is 0.226. The Hall–Kier alpha value is -3.09. The van der Waals surface area contributed by atoms with E-state index in [4.69, 9.17) is 26.8 Å². The summed E-state index contributed by atoms with van der Waals surface area (Å²) < 4.78 is 95.3. The van der Waals surface area contributed by atoms with Gasteiger partial charge in [-0.15, -0.1) is 0 Å². The van der Waals surface area contributed by atoms with Crippen molar-refractivity contribution in [1.82, 2.24) is 24.2 Å². The predicted molar refractivity (Wildman–Crippen MR) is 169 cm³/mol. The summed E-state index contributed by atoms with van der Waals surface area (Å²) >= 11 is 7.68. The van der Waals surface area contributed by atoms with Crippen molar-refractivity contribution >= 4 is 65.4 Å². The van der Waals surface area contributed by atoms with Gasteiger partial charge >= 0.3 is 16.4 Å². The van der Waals surface area contributed by atoms with Crippen LogP contribution in [0.15, 0.2) is 18.2 Å². The molecule has 0 unspecified atom stereocenters. The number of alkyl halides is 1. The number of benzene rings is 2. The van der Waals surface area contributed by atoms with Gasteiger partial charge in [-0.1, -0.05) is 26.8 Å². The highest BCUT2D eigenvalue weighted by atomic mass is 35.5. The molecule has 11 nitrogen and oxygen atoms in total. The summed E-state index contributed by atoms with van der Waals surface area (Å²) in [5.41, 5.74) is 4.50. The standard InChI is InChI=1S/C29H28ClF4N7O4S2/c30-18-8-17-22(21(33)20(18)16-2-3-19(32)24-23(16)36-26(35)46-24)37-27(44-14-28-4-1-5-40(28)10-15(31)9-28)38-25(17)39-6-7-45-29(11-39)12-41(13-29)47(34,42)43/h2-3,8,15H,1,4-7,9-14H2,(H2,35,36)/t15-,28+/m1/s1. The monoisotopic (exact) mass is 713 g/mol. The molecule has 4 aromatic rings. The van der Waals surface area contributed by atoms with Crippen molar-refractivity contribution in [3.8, 4) is 17.1 Å². The molecule has 18 heteroatoms. The van der Waals surface area contributed by atoms with Crippen molar-refractivity contribution in [2.24, 2.45) is 0 Å². The van der Waals surface area contributed by atoms with Crippen molar-refractivity contribution in [2.75, 3.05) is 63.1 Å². The van der Waals surface area contributed by atoms with Crippen molar-refractivity contribution in [1.29, 1.82) is 0 Å². The number of anilines is 2. The molecule has 0 bridgehead atoms. The topological polar surface area (TPSA) is 127 Å². The van der Waals surface area contributed by atoms with Crippen LogP contribution in [-0.4, -0.2) is 102 Å². The molecule has 4 aliphatic heterocycles. The summed E-state index contributed by atoms with van der Waals surface area (Å²) in [6.45, 7) is 1.32. The Kier molecular flexibility index (Phi) is 7.28. The number of morpholine rings is 1. The number of halogens is 5. The van der Waals surface area contributed by atoms with Crippen LogP contribution in [0.2, 0.25) is 5.02 Å². The van der Waals surface area contributed by atoms with E-state index in [1.807, 2.05) is 0 Å². The van der Waals surface area contributed by atoms with Gasteiger partial charge < -0.3 is 20.1 Å². The van der Waals surface area contributed by atoms with Crippen LogP contribution in [0.25, 0.3) is 32.2 Å². The van der Waals surface area contributed by atoms with E-state index < -0.39 is 39.4 Å². The van der Waals surface area contributed by atoms with Crippen molar-refractivity contribution < 1.29 is 34.9 Å². The third-order valence-corrected chi connectivity index (χ3v) is 11.7. The molecule has 2 N–H and O–H groups in total. The van der Waals surface area contributed by atoms with E-state index in [-0.39, 0.29) is 93.6 Å². The van der Waals surface area contributed by atoms with E-state index in [2.05, 4.69) is 19.9 Å². The summed E-state index contributed by atoms with van der Waals surface area (Å²) in [5.74, 6) is -1.14. The van der Waals surface area contributed by atoms with Gasteiger partial charge in [0.25, 0.3) is 0 Å². The minimum absolute atomic E-state index is 0.0188. The van der Waals surface area contributed by atoms with Crippen LogP contribution in [0.4, 0.5) is 28.0 Å². The number of nitrogens with two attached hydrogens (primary N) is 1. The summed E-state index contributed by atoms with van der Waals surface area (Å²) in [6, 6.07) is 3.92. The molecule has 4 saturated heterocycles. The zero-order chi connectivity index (χ0) is 32.9. The SMILES string of the molecule is Nc1nc2c(-c3c(Cl)cc4c(N5CCOC6(C5)CN(S(=O)(=O)F)C6)nc(OC[C@@]56CCCN5C[C@H](F)C6)nc4c3F)ccc(F)c2s1. The van der Waals surface area contributed by atoms with Gasteiger partial charge in [-0.25, -0.2) is 18.2 Å². The molecule has 4 fully saturated rings. The number of fused-ring (bicyclic) bond motifs is 3. The highest BCUT2D eigenvalue weighted by molar-refractivity contribution is 7.84. The second kappa shape index (κ2) is 11.0. The molecule has 0 aliphatic carbocycles. The number of thiazole rings is 1. The Balaban J connectivity index is 1.24. The largest absolute Gasteiger partial charge is 0.461 e. The Bertz CT molecular complexity index is 2050. The maximum absolute atomic E-state index is 16.8. The van der Waals surface area contributed by atoms with E-state index in [9.17, 15) is 21.1 Å². The summed E-state index contributed by atoms with van der Waals surface area (Å²) in [6.07, 6.45) is 0.949. The van der Waals surface area contributed by atoms with E-state index in [0.29, 0.717) is 17.3 Å². The molecule has 250 valence electrons. The molecule has 2 aromatic carbocycles. The van der Waals surface area contributed by atoms with Crippen LogP contribution in [0.3, 0.4) is 0 Å². The summed E-state index contributed by atoms with van der Waals surface area (Å²) in [4.78, 5) is 17.2. The minimum Gasteiger partial charge on any atom is -0.461 e. The van der Waals surface area contributed by atoms with Crippen LogP contribution in [-0.2, 0) is 15.1 Å². The minimum atomic E-state index is -4.90. The van der Waals surface area contributed by atoms with Crippen LogP contribution < -0.4 is 15.4 Å². The van der Waals surface area contributed by atoms with Gasteiger partial charge in [-0.3, -0.25) is 4.90 Å². The first-order valence-electron chi connectivity index (χ1n) is 15.0. The zero-order valence-electron chi connectivity index (χ0n) is 24.7. The number of nitrogen functional groups attached to an aromatic ring is 1. The maximum atomic E-state index is 16.8. The lowest BCUT2D eigenvalue weighted by atomic mass is 9.94. The van der Waals surface area contributed by atoms with Gasteiger partial charge in [-0.05, 0) is 37.6 Å². The van der Waals surface area contributed by atoms with Crippen LogP contribution in [0.5, 0.6) is 6.01 Å². The molecule has 0 radical (unpaired) electrons. The van der Waals surface area contributed by atoms with E-state index in [1.54, 1.807) is 4.90 Å². The highest BCUT2D eigenvalue weighted by Gasteiger charge is 2.53. The predicted octanol–water partition coefficient (Wildman–Crippen LogP) is 4.48. The van der Waals surface area contributed by atoms with E-state index in [1.165, 1.54) is 18.2 Å². The lowest BCUT2D eigenvalue weighted by Gasteiger charge is -2.52. The second-order valence-corrected chi connectivity index (χ2v) is 15.4. The molecular formula is C29H28ClF4N7O4S2. The van der Waals surface area contributed by atoms with Gasteiger partial charge in [-0.2, -0.15) is 22.7 Å². The zero-order valence-corrected chi connectivity index (χ0v) is 27.1. The Morgan fingerprint density at radius 3 is 2.74 bits per heavy atom. The van der Waals surface area contributed by atoms with E-state index >= 15 is 4.39 Å². The summed E-state index contributed by atoms with van der Waals surface area (Å²) in [5, 5.41) is 0.314. The van der Waals surface area contributed by atoms with Crippen LogP contribution in [0.1, 0.15) is 19.3 Å². The highest BCUT2D eigenvalue weighted by Crippen LogP contribution is 2.44. The lowest BCUT2D eigenvalue weighted by Crippen LogP contribution is -2.70. The van der Waals surface area contributed by atoms with Gasteiger partial charge in [0, 0.05) is 49.1 Å². The van der Waals surface area contributed by atoms with Crippen molar-refractivity contribution in [3.63, 3.8) is 0 Å². The molecule has 0 amide bonds.